The van der Waals surface area contributed by atoms with Crippen LogP contribution in [-0.2, 0) is 14.9 Å². The van der Waals surface area contributed by atoms with Crippen LogP contribution in [-0.4, -0.2) is 63.7 Å². The minimum atomic E-state index is -0.180. The molecule has 0 aliphatic carbocycles. The van der Waals surface area contributed by atoms with Crippen LogP contribution in [0.4, 0.5) is 0 Å². The van der Waals surface area contributed by atoms with Crippen LogP contribution in [0.15, 0.2) is 43.8 Å². The fraction of sp³-hybridized carbons (Fsp3) is 0.520. The quantitative estimate of drug-likeness (QED) is 0.232. The lowest BCUT2D eigenvalue weighted by Gasteiger charge is -2.29. The Morgan fingerprint density at radius 1 is 0.697 bits per heavy atom. The Labute approximate surface area is 214 Å². The SMILES string of the molecule is CSc1cc(C(C)(C)c2cc(SC)c(OCC3CO3)c(SC)c2)cc(SC)c1OCC1CO1. The second-order valence-corrected chi connectivity index (χ2v) is 12.0. The van der Waals surface area contributed by atoms with E-state index in [1.165, 1.54) is 30.7 Å². The maximum absolute atomic E-state index is 6.19. The summed E-state index contributed by atoms with van der Waals surface area (Å²) in [4.78, 5) is 4.69. The summed E-state index contributed by atoms with van der Waals surface area (Å²) >= 11 is 6.94. The zero-order valence-corrected chi connectivity index (χ0v) is 23.3. The minimum Gasteiger partial charge on any atom is -0.488 e. The minimum absolute atomic E-state index is 0.180. The molecule has 0 spiro atoms. The molecule has 0 saturated carbocycles. The molecule has 4 rings (SSSR count). The van der Waals surface area contributed by atoms with Gasteiger partial charge in [-0.05, 0) is 60.4 Å². The molecule has 2 aromatic rings. The van der Waals surface area contributed by atoms with E-state index in [0.717, 1.165) is 24.7 Å². The molecule has 0 N–H and O–H groups in total. The van der Waals surface area contributed by atoms with Gasteiger partial charge in [-0.3, -0.25) is 0 Å². The summed E-state index contributed by atoms with van der Waals surface area (Å²) < 4.78 is 23.1. The maximum Gasteiger partial charge on any atom is 0.146 e. The van der Waals surface area contributed by atoms with Crippen LogP contribution in [0.1, 0.15) is 25.0 Å². The molecule has 0 amide bonds. The fourth-order valence-electron chi connectivity index (χ4n) is 3.61. The van der Waals surface area contributed by atoms with Crippen LogP contribution in [0.5, 0.6) is 11.5 Å². The normalized spacial score (nSPS) is 19.5. The van der Waals surface area contributed by atoms with Gasteiger partial charge in [-0.15, -0.1) is 47.0 Å². The summed E-state index contributed by atoms with van der Waals surface area (Å²) in [5, 5.41) is 0. The fourth-order valence-corrected chi connectivity index (χ4v) is 6.14. The number of benzene rings is 2. The first kappa shape index (κ1) is 25.5. The molecule has 0 aromatic heterocycles. The van der Waals surface area contributed by atoms with E-state index in [1.54, 1.807) is 47.0 Å². The molecule has 8 heteroatoms. The number of rotatable bonds is 12. The van der Waals surface area contributed by atoms with Gasteiger partial charge in [0.25, 0.3) is 0 Å². The molecule has 180 valence electrons. The van der Waals surface area contributed by atoms with Crippen LogP contribution >= 0.6 is 47.0 Å². The third-order valence-electron chi connectivity index (χ3n) is 6.00. The molecule has 0 bridgehead atoms. The lowest BCUT2D eigenvalue weighted by molar-refractivity contribution is 0.253. The molecule has 33 heavy (non-hydrogen) atoms. The van der Waals surface area contributed by atoms with E-state index in [0.29, 0.717) is 13.2 Å². The van der Waals surface area contributed by atoms with Crippen LogP contribution in [0.3, 0.4) is 0 Å². The molecule has 2 fully saturated rings. The van der Waals surface area contributed by atoms with Crippen molar-refractivity contribution in [3.8, 4) is 11.5 Å². The lowest BCUT2D eigenvalue weighted by Crippen LogP contribution is -2.20. The Kier molecular flexibility index (Phi) is 8.45. The van der Waals surface area contributed by atoms with Crippen molar-refractivity contribution in [2.75, 3.05) is 51.5 Å². The predicted molar refractivity (Wildman–Crippen MR) is 143 cm³/mol. The van der Waals surface area contributed by atoms with Crippen molar-refractivity contribution in [2.45, 2.75) is 51.1 Å². The Morgan fingerprint density at radius 2 is 1.00 bits per heavy atom. The van der Waals surface area contributed by atoms with E-state index < -0.39 is 0 Å². The first-order valence-corrected chi connectivity index (χ1v) is 15.8. The highest BCUT2D eigenvalue weighted by Gasteiger charge is 2.30. The van der Waals surface area contributed by atoms with Crippen LogP contribution in [0.2, 0.25) is 0 Å². The van der Waals surface area contributed by atoms with E-state index in [9.17, 15) is 0 Å². The second-order valence-electron chi connectivity index (χ2n) is 8.58. The van der Waals surface area contributed by atoms with Crippen molar-refractivity contribution < 1.29 is 18.9 Å². The standard InChI is InChI=1S/C25H32O4S4/c1-25(2,15-7-19(30-3)23(20(8-15)31-4)28-13-17-11-26-17)16-9-21(32-5)24(22(10-16)33-6)29-14-18-12-27-18/h7-10,17-18H,11-14H2,1-6H3. The molecule has 4 nitrogen and oxygen atoms in total. The van der Waals surface area contributed by atoms with E-state index >= 15 is 0 Å². The highest BCUT2D eigenvalue weighted by Crippen LogP contribution is 2.46. The van der Waals surface area contributed by atoms with Crippen molar-refractivity contribution >= 4 is 47.0 Å². The molecule has 2 heterocycles. The first-order valence-electron chi connectivity index (χ1n) is 10.9. The first-order chi connectivity index (χ1) is 15.9. The molecular weight excluding hydrogens is 493 g/mol. The smallest absolute Gasteiger partial charge is 0.146 e. The van der Waals surface area contributed by atoms with E-state index in [1.807, 2.05) is 0 Å². The highest BCUT2D eigenvalue weighted by molar-refractivity contribution is 8.00. The number of hydrogen-bond acceptors (Lipinski definition) is 8. The summed E-state index contributed by atoms with van der Waals surface area (Å²) in [5.41, 5.74) is 2.39. The van der Waals surface area contributed by atoms with Gasteiger partial charge in [0, 0.05) is 5.41 Å². The summed E-state index contributed by atoms with van der Waals surface area (Å²) in [6.07, 6.45) is 8.95. The largest absolute Gasteiger partial charge is 0.488 e. The molecule has 2 aliphatic rings. The number of thioether (sulfide) groups is 4. The Hall–Kier alpha value is -0.640. The Morgan fingerprint density at radius 3 is 1.24 bits per heavy atom. The van der Waals surface area contributed by atoms with Gasteiger partial charge in [-0.25, -0.2) is 0 Å². The predicted octanol–water partition coefficient (Wildman–Crippen LogP) is 6.46. The number of epoxide rings is 2. The summed E-state index contributed by atoms with van der Waals surface area (Å²) in [7, 11) is 0. The molecule has 2 atom stereocenters. The van der Waals surface area contributed by atoms with Gasteiger partial charge < -0.3 is 18.9 Å². The average Bonchev–Trinajstić information content (AvgIpc) is 3.75. The van der Waals surface area contributed by atoms with Crippen LogP contribution < -0.4 is 9.47 Å². The van der Waals surface area contributed by atoms with Gasteiger partial charge in [-0.1, -0.05) is 13.8 Å². The maximum atomic E-state index is 6.19. The van der Waals surface area contributed by atoms with E-state index in [4.69, 9.17) is 18.9 Å². The van der Waals surface area contributed by atoms with Gasteiger partial charge >= 0.3 is 0 Å². The number of hydrogen-bond donors (Lipinski definition) is 0. The van der Waals surface area contributed by atoms with Crippen molar-refractivity contribution in [1.82, 2.24) is 0 Å². The third-order valence-corrected chi connectivity index (χ3v) is 8.97. The zero-order valence-electron chi connectivity index (χ0n) is 20.1. The molecule has 2 aromatic carbocycles. The van der Waals surface area contributed by atoms with Gasteiger partial charge in [0.15, 0.2) is 0 Å². The van der Waals surface area contributed by atoms with E-state index in [-0.39, 0.29) is 17.6 Å². The summed E-state index contributed by atoms with van der Waals surface area (Å²) in [6, 6.07) is 9.17. The Bertz CT molecular complexity index is 859. The van der Waals surface area contributed by atoms with Gasteiger partial charge in [0.05, 0.1) is 32.8 Å². The third kappa shape index (κ3) is 5.96. The molecule has 2 aliphatic heterocycles. The molecule has 2 unspecified atom stereocenters. The topological polar surface area (TPSA) is 43.5 Å². The molecule has 0 radical (unpaired) electrons. The van der Waals surface area contributed by atoms with Crippen LogP contribution in [0, 0.1) is 0 Å². The molecular formula is C25H32O4S4. The van der Waals surface area contributed by atoms with Crippen molar-refractivity contribution in [2.24, 2.45) is 0 Å². The van der Waals surface area contributed by atoms with Gasteiger partial charge in [0.1, 0.15) is 36.9 Å². The van der Waals surface area contributed by atoms with Crippen molar-refractivity contribution in [3.63, 3.8) is 0 Å². The average molecular weight is 525 g/mol. The summed E-state index contributed by atoms with van der Waals surface area (Å²) in [5.74, 6) is 1.95. The summed E-state index contributed by atoms with van der Waals surface area (Å²) in [6.45, 7) is 7.44. The zero-order chi connectivity index (χ0) is 23.6. The monoisotopic (exact) mass is 524 g/mol. The van der Waals surface area contributed by atoms with E-state index in [2.05, 4.69) is 63.1 Å². The second kappa shape index (κ2) is 11.0. The van der Waals surface area contributed by atoms with Crippen LogP contribution in [0.25, 0.3) is 0 Å². The van der Waals surface area contributed by atoms with Gasteiger partial charge in [0.2, 0.25) is 0 Å². The Balaban J connectivity index is 1.70. The highest BCUT2D eigenvalue weighted by atomic mass is 32.2. The number of ether oxygens (including phenoxy) is 4. The van der Waals surface area contributed by atoms with Crippen molar-refractivity contribution in [1.29, 1.82) is 0 Å². The van der Waals surface area contributed by atoms with Gasteiger partial charge in [-0.2, -0.15) is 0 Å². The molecule has 2 saturated heterocycles. The lowest BCUT2D eigenvalue weighted by atomic mass is 9.78. The van der Waals surface area contributed by atoms with Crippen molar-refractivity contribution in [3.05, 3.63) is 35.4 Å².